The summed E-state index contributed by atoms with van der Waals surface area (Å²) in [6, 6.07) is 18.3. The number of thiocarbonyl (C=S) groups is 1. The zero-order valence-electron chi connectivity index (χ0n) is 20.5. The van der Waals surface area contributed by atoms with Crippen molar-refractivity contribution in [3.8, 4) is 0 Å². The monoisotopic (exact) mass is 543 g/mol. The van der Waals surface area contributed by atoms with Gasteiger partial charge in [-0.15, -0.1) is 11.6 Å². The van der Waals surface area contributed by atoms with E-state index < -0.39 is 23.1 Å². The summed E-state index contributed by atoms with van der Waals surface area (Å²) in [6.07, 6.45) is 1.97. The van der Waals surface area contributed by atoms with Gasteiger partial charge in [-0.05, 0) is 92.8 Å². The Labute approximate surface area is 225 Å². The van der Waals surface area contributed by atoms with Gasteiger partial charge in [0.1, 0.15) is 17.2 Å². The fourth-order valence-corrected chi connectivity index (χ4v) is 4.74. The third-order valence-electron chi connectivity index (χ3n) is 6.43. The average Bonchev–Trinajstić information content (AvgIpc) is 2.87. The second-order valence-electron chi connectivity index (χ2n) is 8.96. The maximum absolute atomic E-state index is 13.8. The van der Waals surface area contributed by atoms with Crippen molar-refractivity contribution in [3.05, 3.63) is 83.9 Å². The van der Waals surface area contributed by atoms with E-state index in [1.165, 1.54) is 6.07 Å². The molecule has 0 radical (unpaired) electrons. The van der Waals surface area contributed by atoms with E-state index in [1.54, 1.807) is 24.3 Å². The molecule has 0 bridgehead atoms. The highest BCUT2D eigenvalue weighted by Crippen LogP contribution is 2.27. The number of carbonyl (C=O) groups is 1. The lowest BCUT2D eigenvalue weighted by atomic mass is 10.0. The van der Waals surface area contributed by atoms with Gasteiger partial charge in [0.15, 0.2) is 5.11 Å². The number of benzene rings is 3. The van der Waals surface area contributed by atoms with E-state index in [-0.39, 0.29) is 5.50 Å². The van der Waals surface area contributed by atoms with E-state index >= 15 is 0 Å². The lowest BCUT2D eigenvalue weighted by Crippen LogP contribution is -2.45. The molecule has 10 heteroatoms. The molecule has 1 aliphatic rings. The maximum atomic E-state index is 13.8. The van der Waals surface area contributed by atoms with Crippen molar-refractivity contribution in [1.29, 1.82) is 0 Å². The first kappa shape index (κ1) is 26.8. The van der Waals surface area contributed by atoms with Crippen molar-refractivity contribution in [1.82, 2.24) is 4.90 Å². The minimum absolute atomic E-state index is 0.0470. The number of piperidine rings is 1. The summed E-state index contributed by atoms with van der Waals surface area (Å²) >= 11 is 11.9. The van der Waals surface area contributed by atoms with Gasteiger partial charge in [0.2, 0.25) is 0 Å². The zero-order valence-corrected chi connectivity index (χ0v) is 22.0. The van der Waals surface area contributed by atoms with Crippen LogP contribution in [0.1, 0.15) is 23.2 Å². The van der Waals surface area contributed by atoms with Gasteiger partial charge in [-0.25, -0.2) is 8.78 Å². The number of carbonyl (C=O) groups excluding carboxylic acids is 1. The van der Waals surface area contributed by atoms with Crippen molar-refractivity contribution in [2.75, 3.05) is 41.5 Å². The number of hydrogen-bond acceptors (Lipinski definition) is 4. The number of halogens is 3. The van der Waals surface area contributed by atoms with Crippen molar-refractivity contribution in [2.45, 2.75) is 24.4 Å². The molecule has 3 aromatic rings. The van der Waals surface area contributed by atoms with Crippen LogP contribution in [0.15, 0.2) is 66.7 Å². The molecule has 1 heterocycles. The fourth-order valence-electron chi connectivity index (χ4n) is 4.20. The molecule has 0 saturated carbocycles. The Morgan fingerprint density at radius 2 is 1.46 bits per heavy atom. The standard InChI is InChI=1S/C27H28ClF2N5OS/c1-34-15-14-21(16-24(34)28)35(2)20-12-10-19(11-13-20)33-27(37)32-18-8-6-17(7-9-18)31-26(36)25-22(29)4-3-5-23(25)30/h3-13,21,24H,14-16H2,1-2H3,(H,31,36)(H2,32,33,37). The molecule has 0 aromatic heterocycles. The van der Waals surface area contributed by atoms with E-state index in [4.69, 9.17) is 23.8 Å². The zero-order chi connectivity index (χ0) is 26.5. The van der Waals surface area contributed by atoms with Crippen molar-refractivity contribution >= 4 is 57.6 Å². The molecule has 2 unspecified atom stereocenters. The minimum Gasteiger partial charge on any atom is -0.371 e. The molecule has 1 amide bonds. The van der Waals surface area contributed by atoms with Gasteiger partial charge in [-0.2, -0.15) is 0 Å². The van der Waals surface area contributed by atoms with Gasteiger partial charge in [0.05, 0.1) is 5.50 Å². The molecule has 194 valence electrons. The summed E-state index contributed by atoms with van der Waals surface area (Å²) in [7, 11) is 4.14. The van der Waals surface area contributed by atoms with Crippen LogP contribution in [0.2, 0.25) is 0 Å². The lowest BCUT2D eigenvalue weighted by molar-refractivity contribution is 0.101. The molecular formula is C27H28ClF2N5OS. The summed E-state index contributed by atoms with van der Waals surface area (Å²) < 4.78 is 27.6. The minimum atomic E-state index is -0.919. The van der Waals surface area contributed by atoms with Crippen LogP contribution < -0.4 is 20.9 Å². The van der Waals surface area contributed by atoms with Crippen LogP contribution in [0, 0.1) is 11.6 Å². The Balaban J connectivity index is 1.29. The molecule has 1 fully saturated rings. The number of rotatable bonds is 6. The molecule has 3 aromatic carbocycles. The van der Waals surface area contributed by atoms with Gasteiger partial charge in [0.25, 0.3) is 5.91 Å². The third-order valence-corrected chi connectivity index (χ3v) is 7.15. The number of alkyl halides is 1. The van der Waals surface area contributed by atoms with Gasteiger partial charge < -0.3 is 20.9 Å². The quantitative estimate of drug-likeness (QED) is 0.198. The van der Waals surface area contributed by atoms with Gasteiger partial charge in [0, 0.05) is 42.4 Å². The SMILES string of the molecule is CN1CCC(N(C)c2ccc(NC(=S)Nc3ccc(NC(=O)c4c(F)cccc4F)cc3)cc2)CC1Cl. The number of anilines is 4. The summed E-state index contributed by atoms with van der Waals surface area (Å²) in [5.74, 6) is -2.70. The van der Waals surface area contributed by atoms with Crippen LogP contribution in [0.5, 0.6) is 0 Å². The summed E-state index contributed by atoms with van der Waals surface area (Å²) in [4.78, 5) is 16.7. The second kappa shape index (κ2) is 11.9. The van der Waals surface area contributed by atoms with E-state index in [2.05, 4.69) is 32.8 Å². The molecule has 37 heavy (non-hydrogen) atoms. The van der Waals surface area contributed by atoms with Crippen LogP contribution in [-0.2, 0) is 0 Å². The summed E-state index contributed by atoms with van der Waals surface area (Å²) in [6.45, 7) is 0.972. The molecule has 3 N–H and O–H groups in total. The first-order chi connectivity index (χ1) is 17.7. The highest BCUT2D eigenvalue weighted by molar-refractivity contribution is 7.80. The Morgan fingerprint density at radius 1 is 0.946 bits per heavy atom. The maximum Gasteiger partial charge on any atom is 0.261 e. The summed E-state index contributed by atoms with van der Waals surface area (Å²) in [5.41, 5.74) is 2.44. The Hall–Kier alpha value is -3.27. The molecular weight excluding hydrogens is 516 g/mol. The predicted octanol–water partition coefficient (Wildman–Crippen LogP) is 6.12. The second-order valence-corrected chi connectivity index (χ2v) is 9.87. The smallest absolute Gasteiger partial charge is 0.261 e. The summed E-state index contributed by atoms with van der Waals surface area (Å²) in [5, 5.41) is 9.12. The number of likely N-dealkylation sites (tertiary alicyclic amines) is 1. The number of nitrogens with zero attached hydrogens (tertiary/aromatic N) is 2. The third kappa shape index (κ3) is 6.74. The molecule has 0 spiro atoms. The molecule has 1 saturated heterocycles. The number of amides is 1. The first-order valence-electron chi connectivity index (χ1n) is 11.8. The molecule has 4 rings (SSSR count). The molecule has 6 nitrogen and oxygen atoms in total. The van der Waals surface area contributed by atoms with Crippen LogP contribution in [0.25, 0.3) is 0 Å². The average molecular weight is 544 g/mol. The van der Waals surface area contributed by atoms with Crippen LogP contribution >= 0.6 is 23.8 Å². The Morgan fingerprint density at radius 3 is 2.00 bits per heavy atom. The Bertz CT molecular complexity index is 1240. The topological polar surface area (TPSA) is 59.6 Å². The van der Waals surface area contributed by atoms with Crippen LogP contribution in [-0.4, -0.2) is 48.1 Å². The van der Waals surface area contributed by atoms with E-state index in [0.29, 0.717) is 22.5 Å². The highest BCUT2D eigenvalue weighted by atomic mass is 35.5. The Kier molecular flexibility index (Phi) is 8.58. The van der Waals surface area contributed by atoms with Crippen molar-refractivity contribution in [2.24, 2.45) is 0 Å². The van der Waals surface area contributed by atoms with Crippen molar-refractivity contribution in [3.63, 3.8) is 0 Å². The van der Waals surface area contributed by atoms with Gasteiger partial charge in [-0.1, -0.05) is 6.07 Å². The lowest BCUT2D eigenvalue weighted by Gasteiger charge is -2.39. The van der Waals surface area contributed by atoms with Crippen LogP contribution in [0.4, 0.5) is 31.5 Å². The molecule has 0 aliphatic carbocycles. The largest absolute Gasteiger partial charge is 0.371 e. The van der Waals surface area contributed by atoms with E-state index in [1.807, 2.05) is 31.3 Å². The number of hydrogen-bond donors (Lipinski definition) is 3. The van der Waals surface area contributed by atoms with Gasteiger partial charge in [-0.3, -0.25) is 9.69 Å². The first-order valence-corrected chi connectivity index (χ1v) is 12.7. The normalized spacial score (nSPS) is 17.6. The van der Waals surface area contributed by atoms with E-state index in [9.17, 15) is 13.6 Å². The molecule has 2 atom stereocenters. The van der Waals surface area contributed by atoms with Crippen LogP contribution in [0.3, 0.4) is 0 Å². The molecule has 1 aliphatic heterocycles. The highest BCUT2D eigenvalue weighted by Gasteiger charge is 2.27. The van der Waals surface area contributed by atoms with Crippen molar-refractivity contribution < 1.29 is 13.6 Å². The fraction of sp³-hybridized carbons (Fsp3) is 0.259. The number of nitrogens with one attached hydrogen (secondary N) is 3. The van der Waals surface area contributed by atoms with E-state index in [0.717, 1.165) is 42.9 Å². The van der Waals surface area contributed by atoms with Gasteiger partial charge >= 0.3 is 0 Å². The predicted molar refractivity (Wildman–Crippen MR) is 151 cm³/mol.